The second-order valence-corrected chi connectivity index (χ2v) is 13.8. The highest BCUT2D eigenvalue weighted by Gasteiger charge is 2.38. The number of benzene rings is 7. The molecule has 2 heterocycles. The van der Waals surface area contributed by atoms with Crippen molar-refractivity contribution in [2.75, 3.05) is 4.90 Å². The topological polar surface area (TPSA) is 21.3 Å². The summed E-state index contributed by atoms with van der Waals surface area (Å²) >= 11 is 0. The SMILES string of the molecule is Cc1ccc(-n2c3ccccc3c3cc(N(c4cccc5c4-c4ccccc4C5(C)C)c4cccc5oc6ccccc6c45)ccc32)cc1. The summed E-state index contributed by atoms with van der Waals surface area (Å²) in [5.41, 5.74) is 15.1. The monoisotopic (exact) mass is 630 g/mol. The lowest BCUT2D eigenvalue weighted by Gasteiger charge is -2.29. The summed E-state index contributed by atoms with van der Waals surface area (Å²) in [6.07, 6.45) is 0. The maximum Gasteiger partial charge on any atom is 0.137 e. The van der Waals surface area contributed by atoms with Crippen molar-refractivity contribution in [2.24, 2.45) is 0 Å². The van der Waals surface area contributed by atoms with E-state index in [0.29, 0.717) is 0 Å². The highest BCUT2D eigenvalue weighted by atomic mass is 16.3. The van der Waals surface area contributed by atoms with Gasteiger partial charge in [0.1, 0.15) is 11.2 Å². The standard InChI is InChI=1S/C46H34N2O/c1-29-22-24-30(25-23-29)47-38-17-8-5-12-32(38)35-28-31(26-27-39(35)47)48(41-19-11-21-43-45(41)34-14-6-9-20-42(34)49-43)40-18-10-16-37-44(40)33-13-4-7-15-36(33)46(37,2)3/h4-28H,1-3H3. The summed E-state index contributed by atoms with van der Waals surface area (Å²) in [6.45, 7) is 6.84. The molecule has 9 aromatic rings. The quantitative estimate of drug-likeness (QED) is 0.193. The first-order valence-corrected chi connectivity index (χ1v) is 17.0. The van der Waals surface area contributed by atoms with E-state index < -0.39 is 0 Å². The third-order valence-electron chi connectivity index (χ3n) is 10.7. The fourth-order valence-corrected chi connectivity index (χ4v) is 8.34. The molecule has 0 radical (unpaired) electrons. The number of hydrogen-bond acceptors (Lipinski definition) is 2. The van der Waals surface area contributed by atoms with Crippen LogP contribution < -0.4 is 4.90 Å². The molecule has 0 atom stereocenters. The molecule has 1 aliphatic rings. The van der Waals surface area contributed by atoms with Crippen molar-refractivity contribution in [3.8, 4) is 16.8 Å². The molecule has 49 heavy (non-hydrogen) atoms. The fraction of sp³-hybridized carbons (Fsp3) is 0.0870. The Bertz CT molecular complexity index is 2760. The average molecular weight is 631 g/mol. The van der Waals surface area contributed by atoms with Crippen LogP contribution in [0.1, 0.15) is 30.5 Å². The predicted octanol–water partition coefficient (Wildman–Crippen LogP) is 12.8. The molecule has 2 aromatic heterocycles. The molecular weight excluding hydrogens is 597 g/mol. The van der Waals surface area contributed by atoms with Gasteiger partial charge in [-0.15, -0.1) is 0 Å². The molecule has 0 fully saturated rings. The Morgan fingerprint density at radius 3 is 2.10 bits per heavy atom. The summed E-state index contributed by atoms with van der Waals surface area (Å²) in [7, 11) is 0. The van der Waals surface area contributed by atoms with Gasteiger partial charge in [0.15, 0.2) is 0 Å². The molecule has 234 valence electrons. The summed E-state index contributed by atoms with van der Waals surface area (Å²) < 4.78 is 8.85. The molecule has 0 saturated heterocycles. The van der Waals surface area contributed by atoms with Gasteiger partial charge in [-0.2, -0.15) is 0 Å². The number of aromatic nitrogens is 1. The van der Waals surface area contributed by atoms with E-state index >= 15 is 0 Å². The van der Waals surface area contributed by atoms with Gasteiger partial charge in [-0.05, 0) is 84.3 Å². The van der Waals surface area contributed by atoms with Gasteiger partial charge in [-0.3, -0.25) is 0 Å². The number of para-hydroxylation sites is 2. The second kappa shape index (κ2) is 10.2. The highest BCUT2D eigenvalue weighted by molar-refractivity contribution is 6.15. The molecule has 0 N–H and O–H groups in total. The van der Waals surface area contributed by atoms with Crippen LogP contribution >= 0.6 is 0 Å². The number of rotatable bonds is 4. The molecule has 1 aliphatic carbocycles. The molecule has 10 rings (SSSR count). The lowest BCUT2D eigenvalue weighted by molar-refractivity contribution is 0.660. The Balaban J connectivity index is 1.31. The number of anilines is 3. The van der Waals surface area contributed by atoms with E-state index in [1.54, 1.807) is 0 Å². The minimum Gasteiger partial charge on any atom is -0.456 e. The van der Waals surface area contributed by atoms with E-state index in [-0.39, 0.29) is 5.41 Å². The van der Waals surface area contributed by atoms with Crippen molar-refractivity contribution < 1.29 is 4.42 Å². The van der Waals surface area contributed by atoms with E-state index in [9.17, 15) is 0 Å². The molecular formula is C46H34N2O. The minimum atomic E-state index is -0.118. The number of hydrogen-bond donors (Lipinski definition) is 0. The van der Waals surface area contributed by atoms with Crippen LogP contribution in [0.2, 0.25) is 0 Å². The van der Waals surface area contributed by atoms with Crippen LogP contribution in [-0.4, -0.2) is 4.57 Å². The first-order chi connectivity index (χ1) is 24.0. The largest absolute Gasteiger partial charge is 0.456 e. The van der Waals surface area contributed by atoms with Crippen molar-refractivity contribution in [3.63, 3.8) is 0 Å². The van der Waals surface area contributed by atoms with Crippen LogP contribution in [-0.2, 0) is 5.41 Å². The van der Waals surface area contributed by atoms with Crippen LogP contribution in [0.4, 0.5) is 17.1 Å². The predicted molar refractivity (Wildman–Crippen MR) is 205 cm³/mol. The Labute approximate surface area is 285 Å². The molecule has 0 saturated carbocycles. The van der Waals surface area contributed by atoms with Gasteiger partial charge < -0.3 is 13.9 Å². The third kappa shape index (κ3) is 3.96. The lowest BCUT2D eigenvalue weighted by atomic mass is 9.82. The Morgan fingerprint density at radius 1 is 0.551 bits per heavy atom. The van der Waals surface area contributed by atoms with Crippen LogP contribution in [0.25, 0.3) is 60.6 Å². The lowest BCUT2D eigenvalue weighted by Crippen LogP contribution is -2.16. The van der Waals surface area contributed by atoms with Gasteiger partial charge >= 0.3 is 0 Å². The van der Waals surface area contributed by atoms with E-state index in [0.717, 1.165) is 44.7 Å². The van der Waals surface area contributed by atoms with Gasteiger partial charge in [-0.1, -0.05) is 110 Å². The van der Waals surface area contributed by atoms with Crippen LogP contribution in [0, 0.1) is 6.92 Å². The molecule has 0 spiro atoms. The first-order valence-electron chi connectivity index (χ1n) is 17.0. The minimum absolute atomic E-state index is 0.118. The van der Waals surface area contributed by atoms with Crippen LogP contribution in [0.5, 0.6) is 0 Å². The molecule has 3 nitrogen and oxygen atoms in total. The van der Waals surface area contributed by atoms with Crippen molar-refractivity contribution >= 4 is 60.8 Å². The molecule has 0 aliphatic heterocycles. The summed E-state index contributed by atoms with van der Waals surface area (Å²) in [6, 6.07) is 55.1. The van der Waals surface area contributed by atoms with Gasteiger partial charge in [0.05, 0.1) is 27.8 Å². The summed E-state index contributed by atoms with van der Waals surface area (Å²) in [5, 5.41) is 4.68. The van der Waals surface area contributed by atoms with Crippen molar-refractivity contribution in [1.82, 2.24) is 4.57 Å². The summed E-state index contributed by atoms with van der Waals surface area (Å²) in [4.78, 5) is 2.47. The summed E-state index contributed by atoms with van der Waals surface area (Å²) in [5.74, 6) is 0. The highest BCUT2D eigenvalue weighted by Crippen LogP contribution is 2.55. The molecule has 7 aromatic carbocycles. The van der Waals surface area contributed by atoms with Crippen molar-refractivity contribution in [2.45, 2.75) is 26.2 Å². The molecule has 0 unspecified atom stereocenters. The van der Waals surface area contributed by atoms with Gasteiger partial charge in [0.25, 0.3) is 0 Å². The maximum absolute atomic E-state index is 6.46. The van der Waals surface area contributed by atoms with Crippen LogP contribution in [0.3, 0.4) is 0 Å². The Hall–Kier alpha value is -6.06. The number of aryl methyl sites for hydroxylation is 1. The number of furan rings is 1. The normalized spacial score (nSPS) is 13.4. The maximum atomic E-state index is 6.46. The first kappa shape index (κ1) is 28.0. The zero-order valence-electron chi connectivity index (χ0n) is 27.7. The van der Waals surface area contributed by atoms with E-state index in [4.69, 9.17) is 4.42 Å². The molecule has 0 bridgehead atoms. The zero-order valence-corrected chi connectivity index (χ0v) is 27.7. The van der Waals surface area contributed by atoms with Gasteiger partial charge in [0, 0.05) is 38.5 Å². The zero-order chi connectivity index (χ0) is 32.9. The smallest absolute Gasteiger partial charge is 0.137 e. The van der Waals surface area contributed by atoms with Crippen molar-refractivity contribution in [3.05, 3.63) is 168 Å². The van der Waals surface area contributed by atoms with Crippen molar-refractivity contribution in [1.29, 1.82) is 0 Å². The Kier molecular flexibility index (Phi) is 5.84. The number of fused-ring (bicyclic) bond motifs is 9. The molecule has 3 heteroatoms. The second-order valence-electron chi connectivity index (χ2n) is 13.8. The van der Waals surface area contributed by atoms with Crippen LogP contribution in [0.15, 0.2) is 156 Å². The van der Waals surface area contributed by atoms with Gasteiger partial charge in [-0.25, -0.2) is 0 Å². The molecule has 0 amide bonds. The Morgan fingerprint density at radius 2 is 1.22 bits per heavy atom. The van der Waals surface area contributed by atoms with Gasteiger partial charge in [0.2, 0.25) is 0 Å². The number of nitrogens with zero attached hydrogens (tertiary/aromatic N) is 2. The average Bonchev–Trinajstić information content (AvgIpc) is 3.75. The fourth-order valence-electron chi connectivity index (χ4n) is 8.34. The van der Waals surface area contributed by atoms with E-state index in [1.807, 2.05) is 6.07 Å². The third-order valence-corrected chi connectivity index (χ3v) is 10.7. The van der Waals surface area contributed by atoms with E-state index in [2.05, 4.69) is 176 Å². The van der Waals surface area contributed by atoms with E-state index in [1.165, 1.54) is 49.6 Å².